The number of fused-ring (bicyclic) bond motifs is 3. The molecule has 2 bridgehead atoms. The number of carbonyl (C=O) groups is 4. The number of piperidine rings is 1. The van der Waals surface area contributed by atoms with E-state index in [0.29, 0.717) is 50.9 Å². The Hall–Kier alpha value is -2.10. The van der Waals surface area contributed by atoms with E-state index in [0.717, 1.165) is 25.7 Å². The van der Waals surface area contributed by atoms with E-state index < -0.39 is 35.7 Å². The Balaban J connectivity index is 1.91. The number of cyclic esters (lactones) is 1. The van der Waals surface area contributed by atoms with Crippen LogP contribution in [0.2, 0.25) is 0 Å². The molecule has 40 heavy (non-hydrogen) atoms. The molecular formula is C31H49NO8. The summed E-state index contributed by atoms with van der Waals surface area (Å²) in [6, 6.07) is -0.948. The highest BCUT2D eigenvalue weighted by molar-refractivity contribution is 6.39. The Bertz CT molecular complexity index is 948. The van der Waals surface area contributed by atoms with Crippen LogP contribution in [0, 0.1) is 17.8 Å². The number of rotatable bonds is 2. The molecule has 3 aliphatic heterocycles. The van der Waals surface area contributed by atoms with Crippen LogP contribution >= 0.6 is 0 Å². The van der Waals surface area contributed by atoms with E-state index in [-0.39, 0.29) is 30.3 Å². The molecule has 0 aromatic heterocycles. The lowest BCUT2D eigenvalue weighted by atomic mass is 9.84. The maximum absolute atomic E-state index is 14.0. The molecule has 2 saturated heterocycles. The molecule has 3 heterocycles. The second-order valence-corrected chi connectivity index (χ2v) is 12.2. The van der Waals surface area contributed by atoms with Crippen LogP contribution in [0.3, 0.4) is 0 Å². The number of allylic oxidation sites excluding steroid dienone is 2. The molecule has 0 aromatic carbocycles. The number of Topliss-reactive ketones (excluding diaryl/α,β-unsaturated/α-hetero) is 2. The fourth-order valence-electron chi connectivity index (χ4n) is 6.24. The van der Waals surface area contributed by atoms with Gasteiger partial charge in [-0.25, -0.2) is 4.79 Å². The summed E-state index contributed by atoms with van der Waals surface area (Å²) < 4.78 is 23.3. The van der Waals surface area contributed by atoms with Gasteiger partial charge in [-0.1, -0.05) is 32.4 Å². The topological polar surface area (TPSA) is 108 Å². The number of ether oxygens (including phenoxy) is 4. The minimum atomic E-state index is -1.73. The Morgan fingerprint density at radius 1 is 0.925 bits per heavy atom. The van der Waals surface area contributed by atoms with Crippen LogP contribution < -0.4 is 0 Å². The first-order valence-electron chi connectivity index (χ1n) is 15.0. The Kier molecular flexibility index (Phi) is 11.9. The highest BCUT2D eigenvalue weighted by Crippen LogP contribution is 2.39. The van der Waals surface area contributed by atoms with Crippen molar-refractivity contribution in [3.05, 3.63) is 11.6 Å². The molecule has 0 spiro atoms. The van der Waals surface area contributed by atoms with Crippen LogP contribution in [-0.4, -0.2) is 73.3 Å². The van der Waals surface area contributed by atoms with Crippen molar-refractivity contribution >= 4 is 23.4 Å². The summed E-state index contributed by atoms with van der Waals surface area (Å²) in [4.78, 5) is 54.8. The standard InChI is InChI=1S/C31H49NO8/c1-20-10-14-24(33)15-11-22(3)19-39-30(36)26-8-7-9-27(37-5)32(26)29(35)28(34)31(38-6)23(4)13-17-25(40-31)16-12-21(2)18-20/h10,21-23,25-27H,7-9,11-19H2,1-6H3. The molecule has 7 unspecified atom stereocenters. The number of amides is 1. The molecule has 0 aliphatic carbocycles. The maximum Gasteiger partial charge on any atom is 0.328 e. The molecule has 0 aromatic rings. The van der Waals surface area contributed by atoms with E-state index in [1.54, 1.807) is 0 Å². The molecule has 3 rings (SSSR count). The lowest BCUT2D eigenvalue weighted by Crippen LogP contribution is -2.63. The van der Waals surface area contributed by atoms with Crippen molar-refractivity contribution in [2.24, 2.45) is 17.8 Å². The average Bonchev–Trinajstić information content (AvgIpc) is 2.95. The summed E-state index contributed by atoms with van der Waals surface area (Å²) in [7, 11) is 2.87. The van der Waals surface area contributed by atoms with Crippen LogP contribution in [0.15, 0.2) is 11.6 Å². The smallest absolute Gasteiger partial charge is 0.328 e. The molecule has 2 fully saturated rings. The summed E-state index contributed by atoms with van der Waals surface area (Å²) in [6.45, 7) is 8.17. The predicted molar refractivity (Wildman–Crippen MR) is 149 cm³/mol. The molecule has 9 heteroatoms. The number of hydrogen-bond donors (Lipinski definition) is 0. The lowest BCUT2D eigenvalue weighted by molar-refractivity contribution is -0.276. The number of methoxy groups -OCH3 is 2. The zero-order valence-electron chi connectivity index (χ0n) is 25.2. The van der Waals surface area contributed by atoms with Gasteiger partial charge in [-0.15, -0.1) is 0 Å². The number of nitrogens with zero attached hydrogens (tertiary/aromatic N) is 1. The summed E-state index contributed by atoms with van der Waals surface area (Å²) >= 11 is 0. The fourth-order valence-corrected chi connectivity index (χ4v) is 6.24. The van der Waals surface area contributed by atoms with Crippen molar-refractivity contribution in [1.82, 2.24) is 4.90 Å². The van der Waals surface area contributed by atoms with E-state index >= 15 is 0 Å². The number of hydrogen-bond acceptors (Lipinski definition) is 8. The summed E-state index contributed by atoms with van der Waals surface area (Å²) in [5, 5.41) is 0. The number of carbonyl (C=O) groups excluding carboxylic acids is 4. The van der Waals surface area contributed by atoms with Crippen LogP contribution in [0.25, 0.3) is 0 Å². The van der Waals surface area contributed by atoms with Gasteiger partial charge in [0.15, 0.2) is 0 Å². The van der Waals surface area contributed by atoms with Crippen molar-refractivity contribution in [2.75, 3.05) is 20.8 Å². The first-order chi connectivity index (χ1) is 19.0. The molecule has 7 atom stereocenters. The van der Waals surface area contributed by atoms with Gasteiger partial charge in [-0.3, -0.25) is 19.3 Å². The van der Waals surface area contributed by atoms with Crippen molar-refractivity contribution in [3.63, 3.8) is 0 Å². The molecule has 0 N–H and O–H groups in total. The Labute approximate surface area is 239 Å². The summed E-state index contributed by atoms with van der Waals surface area (Å²) in [5.41, 5.74) is 1.18. The zero-order valence-corrected chi connectivity index (χ0v) is 25.2. The van der Waals surface area contributed by atoms with Crippen molar-refractivity contribution in [2.45, 2.75) is 122 Å². The zero-order chi connectivity index (χ0) is 29.4. The highest BCUT2D eigenvalue weighted by Gasteiger charge is 2.55. The monoisotopic (exact) mass is 563 g/mol. The quantitative estimate of drug-likeness (QED) is 0.269. The van der Waals surface area contributed by atoms with Crippen LogP contribution in [0.1, 0.15) is 98.3 Å². The molecule has 3 aliphatic rings. The molecule has 226 valence electrons. The molecular weight excluding hydrogens is 514 g/mol. The van der Waals surface area contributed by atoms with Gasteiger partial charge in [-0.05, 0) is 76.5 Å². The van der Waals surface area contributed by atoms with Gasteiger partial charge >= 0.3 is 5.97 Å². The van der Waals surface area contributed by atoms with Gasteiger partial charge in [0.05, 0.1) is 12.7 Å². The first kappa shape index (κ1) is 32.4. The van der Waals surface area contributed by atoms with Crippen molar-refractivity contribution in [3.8, 4) is 0 Å². The minimum absolute atomic E-state index is 0.0233. The van der Waals surface area contributed by atoms with E-state index in [2.05, 4.69) is 13.8 Å². The van der Waals surface area contributed by atoms with E-state index in [1.807, 2.05) is 19.9 Å². The third-order valence-electron chi connectivity index (χ3n) is 8.84. The van der Waals surface area contributed by atoms with Gasteiger partial charge in [-0.2, -0.15) is 0 Å². The molecule has 0 radical (unpaired) electrons. The van der Waals surface area contributed by atoms with Crippen LogP contribution in [0.4, 0.5) is 0 Å². The van der Waals surface area contributed by atoms with E-state index in [1.165, 1.54) is 24.7 Å². The van der Waals surface area contributed by atoms with Gasteiger partial charge in [0, 0.05) is 33.0 Å². The van der Waals surface area contributed by atoms with Crippen LogP contribution in [-0.2, 0) is 38.1 Å². The second kappa shape index (κ2) is 14.7. The molecule has 0 saturated carbocycles. The summed E-state index contributed by atoms with van der Waals surface area (Å²) in [6.07, 6.45) is 7.92. The van der Waals surface area contributed by atoms with Gasteiger partial charge in [0.2, 0.25) is 5.79 Å². The molecule has 9 nitrogen and oxygen atoms in total. The molecule has 1 amide bonds. The average molecular weight is 564 g/mol. The van der Waals surface area contributed by atoms with Crippen LogP contribution in [0.5, 0.6) is 0 Å². The van der Waals surface area contributed by atoms with E-state index in [4.69, 9.17) is 18.9 Å². The summed E-state index contributed by atoms with van der Waals surface area (Å²) in [5.74, 6) is -3.77. The normalized spacial score (nSPS) is 36.2. The van der Waals surface area contributed by atoms with Gasteiger partial charge < -0.3 is 18.9 Å². The number of ketones is 2. The largest absolute Gasteiger partial charge is 0.464 e. The second-order valence-electron chi connectivity index (χ2n) is 12.2. The lowest BCUT2D eigenvalue weighted by Gasteiger charge is -2.45. The van der Waals surface area contributed by atoms with Crippen molar-refractivity contribution < 1.29 is 38.1 Å². The number of esters is 1. The minimum Gasteiger partial charge on any atom is -0.464 e. The highest BCUT2D eigenvalue weighted by atomic mass is 16.7. The van der Waals surface area contributed by atoms with Gasteiger partial charge in [0.1, 0.15) is 18.1 Å². The Morgan fingerprint density at radius 2 is 1.65 bits per heavy atom. The third kappa shape index (κ3) is 7.79. The fraction of sp³-hybridized carbons (Fsp3) is 0.806. The van der Waals surface area contributed by atoms with E-state index in [9.17, 15) is 19.2 Å². The third-order valence-corrected chi connectivity index (χ3v) is 8.84. The first-order valence-corrected chi connectivity index (χ1v) is 15.0. The SMILES string of the molecule is COC1CCCC2C(=O)OCC(C)CCC(=O)CC=C(C)CC(C)CCC3CCC(C)C(OC)(O3)C(=O)C(=O)N12. The van der Waals surface area contributed by atoms with Crippen molar-refractivity contribution in [1.29, 1.82) is 0 Å². The van der Waals surface area contributed by atoms with Gasteiger partial charge in [0.25, 0.3) is 11.7 Å². The maximum atomic E-state index is 14.0. The Morgan fingerprint density at radius 3 is 2.35 bits per heavy atom. The predicted octanol–water partition coefficient (Wildman–Crippen LogP) is 4.75.